The summed E-state index contributed by atoms with van der Waals surface area (Å²) in [5.74, 6) is -3.36. The Bertz CT molecular complexity index is 881. The Morgan fingerprint density at radius 1 is 1.04 bits per heavy atom. The Labute approximate surface area is 162 Å². The van der Waals surface area contributed by atoms with E-state index in [1.54, 1.807) is 6.07 Å². The molecule has 2 rings (SSSR count). The maximum atomic E-state index is 14.2. The van der Waals surface area contributed by atoms with Crippen LogP contribution >= 0.6 is 34.2 Å². The van der Waals surface area contributed by atoms with Gasteiger partial charge in [0.2, 0.25) is 10.0 Å². The molecule has 0 unspecified atom stereocenters. The molecule has 0 atom stereocenters. The van der Waals surface area contributed by atoms with Gasteiger partial charge in [-0.25, -0.2) is 21.6 Å². The van der Waals surface area contributed by atoms with E-state index in [4.69, 9.17) is 11.6 Å². The van der Waals surface area contributed by atoms with Crippen molar-refractivity contribution in [3.8, 4) is 0 Å². The summed E-state index contributed by atoms with van der Waals surface area (Å²) in [7, 11) is -3.82. The third-order valence-corrected chi connectivity index (χ3v) is 5.39. The SMILES string of the molecule is O=S(=O)(CCCCl)Nc1ccc(F)c(F)c1Nc1ccc(I)cc1F. The van der Waals surface area contributed by atoms with Gasteiger partial charge in [-0.3, -0.25) is 4.72 Å². The molecule has 0 bridgehead atoms. The number of hydrogen-bond donors (Lipinski definition) is 2. The summed E-state index contributed by atoms with van der Waals surface area (Å²) in [5, 5.41) is 2.41. The number of sulfonamides is 1. The minimum atomic E-state index is -3.82. The van der Waals surface area contributed by atoms with Gasteiger partial charge in [0.15, 0.2) is 11.6 Å². The standard InChI is InChI=1S/C15H13ClF3IN2O2S/c16-6-1-7-25(23,24)22-13-5-3-10(17)14(19)15(13)21-12-4-2-9(20)8-11(12)18/h2-5,8,21-22H,1,6-7H2. The highest BCUT2D eigenvalue weighted by Gasteiger charge is 2.19. The minimum Gasteiger partial charge on any atom is -0.349 e. The lowest BCUT2D eigenvalue weighted by molar-refractivity contribution is 0.512. The molecule has 0 fully saturated rings. The summed E-state index contributed by atoms with van der Waals surface area (Å²) in [6, 6.07) is 5.94. The van der Waals surface area contributed by atoms with Crippen LogP contribution < -0.4 is 10.0 Å². The van der Waals surface area contributed by atoms with Crippen molar-refractivity contribution in [2.45, 2.75) is 6.42 Å². The number of rotatable bonds is 7. The second kappa shape index (κ2) is 8.45. The first-order valence-corrected chi connectivity index (χ1v) is 10.3. The van der Waals surface area contributed by atoms with Crippen LogP contribution in [0.3, 0.4) is 0 Å². The summed E-state index contributed by atoms with van der Waals surface area (Å²) in [5.41, 5.74) is -0.855. The molecule has 0 saturated heterocycles. The first-order chi connectivity index (χ1) is 11.7. The third-order valence-electron chi connectivity index (χ3n) is 3.10. The molecule has 2 aromatic rings. The van der Waals surface area contributed by atoms with Crippen molar-refractivity contribution < 1.29 is 21.6 Å². The molecule has 10 heteroatoms. The zero-order valence-electron chi connectivity index (χ0n) is 12.6. The highest BCUT2D eigenvalue weighted by Crippen LogP contribution is 2.32. The second-order valence-electron chi connectivity index (χ2n) is 5.00. The summed E-state index contributed by atoms with van der Waals surface area (Å²) in [6.45, 7) is 0. The van der Waals surface area contributed by atoms with Gasteiger partial charge < -0.3 is 5.32 Å². The van der Waals surface area contributed by atoms with E-state index < -0.39 is 33.2 Å². The third kappa shape index (κ3) is 5.38. The number of halogens is 5. The first-order valence-electron chi connectivity index (χ1n) is 7.00. The van der Waals surface area contributed by atoms with E-state index in [1.807, 2.05) is 22.6 Å². The van der Waals surface area contributed by atoms with Crippen LogP contribution in [0.2, 0.25) is 0 Å². The summed E-state index contributed by atoms with van der Waals surface area (Å²) >= 11 is 7.37. The maximum Gasteiger partial charge on any atom is 0.232 e. The Hall–Kier alpha value is -1.20. The van der Waals surface area contributed by atoms with Crippen molar-refractivity contribution in [1.29, 1.82) is 0 Å². The van der Waals surface area contributed by atoms with E-state index in [0.717, 1.165) is 12.1 Å². The predicted molar refractivity (Wildman–Crippen MR) is 102 cm³/mol. The molecule has 136 valence electrons. The van der Waals surface area contributed by atoms with Crippen LogP contribution in [0.4, 0.5) is 30.2 Å². The predicted octanol–water partition coefficient (Wildman–Crippen LogP) is 4.82. The fraction of sp³-hybridized carbons (Fsp3) is 0.200. The number of anilines is 3. The monoisotopic (exact) mass is 504 g/mol. The van der Waals surface area contributed by atoms with Crippen molar-refractivity contribution in [3.63, 3.8) is 0 Å². The Balaban J connectivity index is 2.40. The van der Waals surface area contributed by atoms with Crippen LogP contribution in [0.5, 0.6) is 0 Å². The van der Waals surface area contributed by atoms with Gasteiger partial charge in [0.05, 0.1) is 17.1 Å². The summed E-state index contributed by atoms with van der Waals surface area (Å²) in [6.07, 6.45) is 0.190. The Morgan fingerprint density at radius 2 is 1.72 bits per heavy atom. The average molecular weight is 505 g/mol. The van der Waals surface area contributed by atoms with Gasteiger partial charge in [0.25, 0.3) is 0 Å². The molecule has 0 aliphatic carbocycles. The van der Waals surface area contributed by atoms with Crippen LogP contribution in [0.15, 0.2) is 30.3 Å². The van der Waals surface area contributed by atoms with Crippen LogP contribution in [0.25, 0.3) is 0 Å². The fourth-order valence-corrected chi connectivity index (χ4v) is 3.82. The first kappa shape index (κ1) is 20.1. The van der Waals surface area contributed by atoms with Crippen LogP contribution in [-0.2, 0) is 10.0 Å². The highest BCUT2D eigenvalue weighted by atomic mass is 127. The van der Waals surface area contributed by atoms with Crippen molar-refractivity contribution in [3.05, 3.63) is 51.4 Å². The van der Waals surface area contributed by atoms with Gasteiger partial charge in [-0.2, -0.15) is 0 Å². The molecule has 0 heterocycles. The molecule has 2 N–H and O–H groups in total. The van der Waals surface area contributed by atoms with Gasteiger partial charge in [0, 0.05) is 9.45 Å². The highest BCUT2D eigenvalue weighted by molar-refractivity contribution is 14.1. The molecule has 0 radical (unpaired) electrons. The molecule has 0 aromatic heterocycles. The number of benzene rings is 2. The van der Waals surface area contributed by atoms with Crippen LogP contribution in [0, 0.1) is 21.0 Å². The maximum absolute atomic E-state index is 14.2. The molecule has 2 aromatic carbocycles. The quantitative estimate of drug-likeness (QED) is 0.420. The molecule has 4 nitrogen and oxygen atoms in total. The van der Waals surface area contributed by atoms with Gasteiger partial charge in [-0.15, -0.1) is 11.6 Å². The van der Waals surface area contributed by atoms with E-state index >= 15 is 0 Å². The Kier molecular flexibility index (Phi) is 6.80. The zero-order chi connectivity index (χ0) is 18.6. The van der Waals surface area contributed by atoms with Crippen molar-refractivity contribution in [2.75, 3.05) is 21.7 Å². The fourth-order valence-electron chi connectivity index (χ4n) is 1.95. The molecular formula is C15H13ClF3IN2O2S. The second-order valence-corrected chi connectivity index (χ2v) is 8.46. The van der Waals surface area contributed by atoms with E-state index in [-0.39, 0.29) is 29.4 Å². The largest absolute Gasteiger partial charge is 0.349 e. The minimum absolute atomic E-state index is 0.119. The van der Waals surface area contributed by atoms with E-state index in [0.29, 0.717) is 3.57 Å². The van der Waals surface area contributed by atoms with E-state index in [1.165, 1.54) is 12.1 Å². The Morgan fingerprint density at radius 3 is 2.36 bits per heavy atom. The molecule has 0 amide bonds. The number of hydrogen-bond acceptors (Lipinski definition) is 3. The smallest absolute Gasteiger partial charge is 0.232 e. The molecule has 25 heavy (non-hydrogen) atoms. The zero-order valence-corrected chi connectivity index (χ0v) is 16.4. The summed E-state index contributed by atoms with van der Waals surface area (Å²) in [4.78, 5) is 0. The number of alkyl halides is 1. The molecule has 0 saturated carbocycles. The molecule has 0 aliphatic heterocycles. The average Bonchev–Trinajstić information content (AvgIpc) is 2.54. The molecule has 0 aliphatic rings. The van der Waals surface area contributed by atoms with Crippen LogP contribution in [0.1, 0.15) is 6.42 Å². The van der Waals surface area contributed by atoms with Gasteiger partial charge in [0.1, 0.15) is 11.5 Å². The summed E-state index contributed by atoms with van der Waals surface area (Å²) < 4.78 is 68.4. The van der Waals surface area contributed by atoms with Crippen molar-refractivity contribution >= 4 is 61.3 Å². The lowest BCUT2D eigenvalue weighted by atomic mass is 10.2. The van der Waals surface area contributed by atoms with E-state index in [9.17, 15) is 21.6 Å². The van der Waals surface area contributed by atoms with E-state index in [2.05, 4.69) is 10.0 Å². The van der Waals surface area contributed by atoms with Crippen molar-refractivity contribution in [1.82, 2.24) is 0 Å². The topological polar surface area (TPSA) is 58.2 Å². The van der Waals surface area contributed by atoms with Gasteiger partial charge in [-0.1, -0.05) is 0 Å². The lowest BCUT2D eigenvalue weighted by Crippen LogP contribution is -2.18. The lowest BCUT2D eigenvalue weighted by Gasteiger charge is -2.16. The number of nitrogens with one attached hydrogen (secondary N) is 2. The molecule has 0 spiro atoms. The van der Waals surface area contributed by atoms with Gasteiger partial charge in [-0.05, 0) is 59.3 Å². The van der Waals surface area contributed by atoms with Crippen molar-refractivity contribution in [2.24, 2.45) is 0 Å². The van der Waals surface area contributed by atoms with Crippen LogP contribution in [-0.4, -0.2) is 20.1 Å². The van der Waals surface area contributed by atoms with Gasteiger partial charge >= 0.3 is 0 Å². The molecular weight excluding hydrogens is 492 g/mol. The normalized spacial score (nSPS) is 11.4.